The Labute approximate surface area is 162 Å². The summed E-state index contributed by atoms with van der Waals surface area (Å²) in [6.07, 6.45) is 0.890. The summed E-state index contributed by atoms with van der Waals surface area (Å²) >= 11 is 0. The largest absolute Gasteiger partial charge is 0.452 e. The molecule has 0 aliphatic rings. The molecule has 0 saturated heterocycles. The van der Waals surface area contributed by atoms with Gasteiger partial charge in [-0.25, -0.2) is 14.3 Å². The fraction of sp³-hybridized carbons (Fsp3) is 0.167. The number of nitrogens with one attached hydrogen (secondary N) is 3. The Morgan fingerprint density at radius 3 is 2.48 bits per heavy atom. The van der Waals surface area contributed by atoms with E-state index in [1.807, 2.05) is 11.1 Å². The number of carbonyl (C=O) groups is 2. The second-order valence-electron chi connectivity index (χ2n) is 6.05. The van der Waals surface area contributed by atoms with Crippen molar-refractivity contribution in [2.75, 3.05) is 11.9 Å². The van der Waals surface area contributed by atoms with Crippen LogP contribution in [0.2, 0.25) is 0 Å². The van der Waals surface area contributed by atoms with E-state index in [2.05, 4.69) is 10.3 Å². The number of nitrogens with zero attached hydrogens (tertiary/aromatic N) is 2. The SMILES string of the molecule is Cc1c(NC(=O)COC(=O)c2c[nH]c(=O)[nH]c2=O)c(=O)n(-c2ccccc2)n1C. The molecule has 2 aromatic heterocycles. The molecule has 0 fully saturated rings. The van der Waals surface area contributed by atoms with Crippen LogP contribution < -0.4 is 22.1 Å². The minimum absolute atomic E-state index is 0.0410. The molecule has 11 heteroatoms. The second kappa shape index (κ2) is 7.84. The van der Waals surface area contributed by atoms with E-state index in [1.165, 1.54) is 4.68 Å². The molecule has 0 aliphatic heterocycles. The van der Waals surface area contributed by atoms with Crippen LogP contribution in [-0.2, 0) is 16.6 Å². The first-order valence-electron chi connectivity index (χ1n) is 8.42. The highest BCUT2D eigenvalue weighted by Crippen LogP contribution is 2.13. The molecule has 3 rings (SSSR count). The topological polar surface area (TPSA) is 148 Å². The average Bonchev–Trinajstić information content (AvgIpc) is 2.90. The van der Waals surface area contributed by atoms with Gasteiger partial charge in [0.2, 0.25) is 0 Å². The lowest BCUT2D eigenvalue weighted by Crippen LogP contribution is -2.30. The molecule has 0 atom stereocenters. The maximum atomic E-state index is 12.7. The second-order valence-corrected chi connectivity index (χ2v) is 6.05. The predicted molar refractivity (Wildman–Crippen MR) is 102 cm³/mol. The van der Waals surface area contributed by atoms with Crippen LogP contribution in [0.15, 0.2) is 50.9 Å². The molecular weight excluding hydrogens is 382 g/mol. The highest BCUT2D eigenvalue weighted by Gasteiger charge is 2.19. The summed E-state index contributed by atoms with van der Waals surface area (Å²) in [6.45, 7) is 0.929. The summed E-state index contributed by atoms with van der Waals surface area (Å²) < 4.78 is 7.74. The Balaban J connectivity index is 1.75. The number of anilines is 1. The fourth-order valence-electron chi connectivity index (χ4n) is 2.66. The van der Waals surface area contributed by atoms with Gasteiger partial charge in [0.1, 0.15) is 11.3 Å². The summed E-state index contributed by atoms with van der Waals surface area (Å²) in [7, 11) is 1.67. The van der Waals surface area contributed by atoms with Gasteiger partial charge in [0, 0.05) is 13.2 Å². The van der Waals surface area contributed by atoms with Gasteiger partial charge in [-0.3, -0.25) is 24.0 Å². The Bertz CT molecular complexity index is 1250. The van der Waals surface area contributed by atoms with E-state index in [0.29, 0.717) is 11.4 Å². The first-order chi connectivity index (χ1) is 13.8. The molecule has 29 heavy (non-hydrogen) atoms. The summed E-state index contributed by atoms with van der Waals surface area (Å²) in [6, 6.07) is 8.86. The van der Waals surface area contributed by atoms with Crippen LogP contribution >= 0.6 is 0 Å². The van der Waals surface area contributed by atoms with Crippen LogP contribution in [0.5, 0.6) is 0 Å². The molecule has 0 saturated carbocycles. The van der Waals surface area contributed by atoms with Crippen molar-refractivity contribution in [2.24, 2.45) is 7.05 Å². The van der Waals surface area contributed by atoms with Gasteiger partial charge in [-0.1, -0.05) is 18.2 Å². The van der Waals surface area contributed by atoms with Crippen LogP contribution in [0.1, 0.15) is 16.1 Å². The van der Waals surface area contributed by atoms with Crippen molar-refractivity contribution in [3.63, 3.8) is 0 Å². The number of carbonyl (C=O) groups excluding carboxylic acids is 2. The third-order valence-corrected chi connectivity index (χ3v) is 4.19. The first kappa shape index (κ1) is 19.6. The van der Waals surface area contributed by atoms with Crippen molar-refractivity contribution in [3.05, 3.63) is 79.0 Å². The minimum atomic E-state index is -1.09. The summed E-state index contributed by atoms with van der Waals surface area (Å²) in [5.74, 6) is -1.85. The quantitative estimate of drug-likeness (QED) is 0.500. The van der Waals surface area contributed by atoms with Gasteiger partial charge in [0.05, 0.1) is 11.4 Å². The molecule has 0 aliphatic carbocycles. The Morgan fingerprint density at radius 1 is 1.14 bits per heavy atom. The van der Waals surface area contributed by atoms with Crippen molar-refractivity contribution in [1.29, 1.82) is 0 Å². The predicted octanol–water partition coefficient (Wildman–Crippen LogP) is -0.343. The fourth-order valence-corrected chi connectivity index (χ4v) is 2.66. The van der Waals surface area contributed by atoms with Gasteiger partial charge in [0.15, 0.2) is 6.61 Å². The van der Waals surface area contributed by atoms with Crippen molar-refractivity contribution < 1.29 is 14.3 Å². The number of esters is 1. The zero-order valence-corrected chi connectivity index (χ0v) is 15.5. The van der Waals surface area contributed by atoms with E-state index in [-0.39, 0.29) is 5.69 Å². The minimum Gasteiger partial charge on any atom is -0.452 e. The first-order valence-corrected chi connectivity index (χ1v) is 8.42. The van der Waals surface area contributed by atoms with Crippen molar-refractivity contribution in [1.82, 2.24) is 19.3 Å². The van der Waals surface area contributed by atoms with Gasteiger partial charge in [-0.05, 0) is 19.1 Å². The van der Waals surface area contributed by atoms with Crippen molar-refractivity contribution in [2.45, 2.75) is 6.92 Å². The molecule has 0 spiro atoms. The van der Waals surface area contributed by atoms with Gasteiger partial charge in [0.25, 0.3) is 17.0 Å². The van der Waals surface area contributed by atoms with Crippen LogP contribution in [0.25, 0.3) is 5.69 Å². The highest BCUT2D eigenvalue weighted by molar-refractivity contribution is 5.95. The summed E-state index contributed by atoms with van der Waals surface area (Å²) in [4.78, 5) is 63.3. The number of aromatic amines is 2. The number of benzene rings is 1. The third-order valence-electron chi connectivity index (χ3n) is 4.19. The molecule has 0 unspecified atom stereocenters. The van der Waals surface area contributed by atoms with Crippen LogP contribution in [-0.4, -0.2) is 37.8 Å². The monoisotopic (exact) mass is 399 g/mol. The zero-order chi connectivity index (χ0) is 21.1. The molecule has 0 radical (unpaired) electrons. The number of amides is 1. The maximum Gasteiger partial charge on any atom is 0.345 e. The molecule has 3 N–H and O–H groups in total. The number of ether oxygens (including phenoxy) is 1. The van der Waals surface area contributed by atoms with Gasteiger partial charge < -0.3 is 15.0 Å². The van der Waals surface area contributed by atoms with Crippen molar-refractivity contribution in [3.8, 4) is 5.69 Å². The number of hydrogen-bond acceptors (Lipinski definition) is 6. The number of para-hydroxylation sites is 1. The van der Waals surface area contributed by atoms with Crippen molar-refractivity contribution >= 4 is 17.6 Å². The number of rotatable bonds is 5. The van der Waals surface area contributed by atoms with E-state index < -0.39 is 40.9 Å². The molecule has 0 bridgehead atoms. The lowest BCUT2D eigenvalue weighted by molar-refractivity contribution is -0.119. The molecule has 1 aromatic carbocycles. The molecular formula is C18H17N5O6. The molecule has 3 aromatic rings. The van der Waals surface area contributed by atoms with E-state index in [1.54, 1.807) is 42.9 Å². The number of H-pyrrole nitrogens is 2. The number of aromatic nitrogens is 4. The highest BCUT2D eigenvalue weighted by atomic mass is 16.5. The van der Waals surface area contributed by atoms with Gasteiger partial charge >= 0.3 is 11.7 Å². The average molecular weight is 399 g/mol. The van der Waals surface area contributed by atoms with Crippen LogP contribution in [0.3, 0.4) is 0 Å². The number of hydrogen-bond donors (Lipinski definition) is 3. The van der Waals surface area contributed by atoms with Crippen LogP contribution in [0, 0.1) is 6.92 Å². The van der Waals surface area contributed by atoms with E-state index in [0.717, 1.165) is 6.20 Å². The Kier molecular flexibility index (Phi) is 5.30. The molecule has 150 valence electrons. The Morgan fingerprint density at radius 2 is 1.83 bits per heavy atom. The Hall–Kier alpha value is -4.15. The normalized spacial score (nSPS) is 10.6. The summed E-state index contributed by atoms with van der Waals surface area (Å²) in [5.41, 5.74) is -1.47. The van der Waals surface area contributed by atoms with E-state index >= 15 is 0 Å². The lowest BCUT2D eigenvalue weighted by atomic mass is 10.3. The van der Waals surface area contributed by atoms with E-state index in [4.69, 9.17) is 4.74 Å². The molecule has 2 heterocycles. The van der Waals surface area contributed by atoms with Gasteiger partial charge in [-0.2, -0.15) is 0 Å². The standard InChI is InChI=1S/C18H17N5O6/c1-10-14(16(26)23(22(10)2)11-6-4-3-5-7-11)20-13(24)9-29-17(27)12-8-19-18(28)21-15(12)25/h3-8H,9H2,1-2H3,(H,20,24)(H2,19,21,25,28). The zero-order valence-electron chi connectivity index (χ0n) is 15.5. The summed E-state index contributed by atoms with van der Waals surface area (Å²) in [5, 5.41) is 2.43. The molecule has 1 amide bonds. The smallest absolute Gasteiger partial charge is 0.345 e. The third kappa shape index (κ3) is 3.93. The maximum absolute atomic E-state index is 12.7. The molecule has 11 nitrogen and oxygen atoms in total. The lowest BCUT2D eigenvalue weighted by Gasteiger charge is -2.07. The van der Waals surface area contributed by atoms with Crippen LogP contribution in [0.4, 0.5) is 5.69 Å². The van der Waals surface area contributed by atoms with E-state index in [9.17, 15) is 24.0 Å². The van der Waals surface area contributed by atoms with Gasteiger partial charge in [-0.15, -0.1) is 0 Å².